The molecule has 23 heavy (non-hydrogen) atoms. The van der Waals surface area contributed by atoms with Gasteiger partial charge in [-0.2, -0.15) is 4.68 Å². The molecular weight excluding hydrogens is 300 g/mol. The number of tetrazole rings is 1. The highest BCUT2D eigenvalue weighted by Crippen LogP contribution is 2.31. The maximum absolute atomic E-state index is 11.2. The molecule has 0 fully saturated rings. The van der Waals surface area contributed by atoms with E-state index in [1.165, 1.54) is 23.9 Å². The zero-order valence-electron chi connectivity index (χ0n) is 12.4. The van der Waals surface area contributed by atoms with Crippen molar-refractivity contribution in [2.45, 2.75) is 6.92 Å². The Labute approximate surface area is 130 Å². The van der Waals surface area contributed by atoms with Crippen LogP contribution in [0, 0.1) is 17.0 Å². The Hall–Kier alpha value is -3.36. The molecule has 1 aromatic carbocycles. The van der Waals surface area contributed by atoms with Crippen LogP contribution in [0.3, 0.4) is 0 Å². The molecule has 9 heteroatoms. The second-order valence-corrected chi connectivity index (χ2v) is 4.75. The lowest BCUT2D eigenvalue weighted by molar-refractivity contribution is -0.385. The first-order valence-corrected chi connectivity index (χ1v) is 6.64. The minimum atomic E-state index is -0.513. The molecule has 0 N–H and O–H groups in total. The number of rotatable bonds is 4. The summed E-state index contributed by atoms with van der Waals surface area (Å²) in [6, 6.07) is 8.21. The summed E-state index contributed by atoms with van der Waals surface area (Å²) < 4.78 is 6.43. The van der Waals surface area contributed by atoms with Gasteiger partial charge < -0.3 is 4.74 Å². The first-order chi connectivity index (χ1) is 11.1. The van der Waals surface area contributed by atoms with Gasteiger partial charge in [-0.05, 0) is 47.2 Å². The maximum Gasteiger partial charge on any atom is 0.311 e. The molecule has 0 radical (unpaired) electrons. The van der Waals surface area contributed by atoms with Gasteiger partial charge in [0.15, 0.2) is 17.4 Å². The monoisotopic (exact) mass is 312 g/mol. The van der Waals surface area contributed by atoms with E-state index in [-0.39, 0.29) is 11.4 Å². The fraction of sp³-hybridized carbons (Fsp3) is 0.143. The minimum absolute atomic E-state index is 0.156. The molecule has 0 aliphatic carbocycles. The van der Waals surface area contributed by atoms with Crippen LogP contribution in [0.15, 0.2) is 36.5 Å². The topological polar surface area (TPSA) is 109 Å². The molecule has 3 rings (SSSR count). The van der Waals surface area contributed by atoms with Crippen molar-refractivity contribution in [2.75, 3.05) is 7.11 Å². The van der Waals surface area contributed by atoms with Gasteiger partial charge in [0.2, 0.25) is 0 Å². The third kappa shape index (κ3) is 2.71. The molecule has 0 saturated heterocycles. The predicted octanol–water partition coefficient (Wildman–Crippen LogP) is 1.95. The number of hydrogen-bond acceptors (Lipinski definition) is 7. The predicted molar refractivity (Wildman–Crippen MR) is 80.3 cm³/mol. The fourth-order valence-corrected chi connectivity index (χ4v) is 2.13. The summed E-state index contributed by atoms with van der Waals surface area (Å²) in [5.41, 5.74) is 1.33. The van der Waals surface area contributed by atoms with E-state index in [1.807, 2.05) is 19.1 Å². The molecule has 0 bridgehead atoms. The summed E-state index contributed by atoms with van der Waals surface area (Å²) in [5.74, 6) is 1.06. The lowest BCUT2D eigenvalue weighted by Crippen LogP contribution is -2.03. The van der Waals surface area contributed by atoms with Crippen LogP contribution in [0.2, 0.25) is 0 Å². The Morgan fingerprint density at radius 1 is 1.26 bits per heavy atom. The van der Waals surface area contributed by atoms with Gasteiger partial charge in [-0.25, -0.2) is 4.98 Å². The Balaban J connectivity index is 2.12. The first-order valence-electron chi connectivity index (χ1n) is 6.64. The van der Waals surface area contributed by atoms with Crippen LogP contribution in [0.1, 0.15) is 5.56 Å². The highest BCUT2D eigenvalue weighted by atomic mass is 16.6. The molecule has 116 valence electrons. The highest BCUT2D eigenvalue weighted by Gasteiger charge is 2.19. The lowest BCUT2D eigenvalue weighted by Gasteiger charge is -2.06. The number of nitro groups is 1. The molecule has 0 amide bonds. The van der Waals surface area contributed by atoms with Crippen LogP contribution in [0.25, 0.3) is 17.2 Å². The summed E-state index contributed by atoms with van der Waals surface area (Å²) in [6.45, 7) is 1.92. The summed E-state index contributed by atoms with van der Waals surface area (Å²) in [4.78, 5) is 14.9. The standard InChI is InChI=1S/C14H12N6O3/c1-9-5-6-15-13(7-9)19-14(16-17-18-19)10-3-4-12(23-2)11(8-10)20(21)22/h3-8H,1-2H3. The van der Waals surface area contributed by atoms with Crippen molar-refractivity contribution in [2.24, 2.45) is 0 Å². The van der Waals surface area contributed by atoms with Gasteiger partial charge in [0, 0.05) is 17.8 Å². The van der Waals surface area contributed by atoms with E-state index in [9.17, 15) is 10.1 Å². The van der Waals surface area contributed by atoms with Gasteiger partial charge in [-0.3, -0.25) is 10.1 Å². The second kappa shape index (κ2) is 5.79. The largest absolute Gasteiger partial charge is 0.490 e. The van der Waals surface area contributed by atoms with Crippen molar-refractivity contribution < 1.29 is 9.66 Å². The fourth-order valence-electron chi connectivity index (χ4n) is 2.13. The molecule has 0 aliphatic heterocycles. The van der Waals surface area contributed by atoms with E-state index in [1.54, 1.807) is 12.3 Å². The van der Waals surface area contributed by atoms with E-state index in [0.717, 1.165) is 5.56 Å². The van der Waals surface area contributed by atoms with Crippen molar-refractivity contribution >= 4 is 5.69 Å². The summed E-state index contributed by atoms with van der Waals surface area (Å²) in [5, 5.41) is 22.7. The van der Waals surface area contributed by atoms with E-state index in [2.05, 4.69) is 20.5 Å². The average Bonchev–Trinajstić information content (AvgIpc) is 3.03. The van der Waals surface area contributed by atoms with Crippen LogP contribution in [-0.2, 0) is 0 Å². The van der Waals surface area contributed by atoms with Gasteiger partial charge in [0.25, 0.3) is 0 Å². The maximum atomic E-state index is 11.2. The number of aryl methyl sites for hydroxylation is 1. The number of nitrogens with zero attached hydrogens (tertiary/aromatic N) is 6. The number of aromatic nitrogens is 5. The quantitative estimate of drug-likeness (QED) is 0.535. The second-order valence-electron chi connectivity index (χ2n) is 4.75. The Morgan fingerprint density at radius 2 is 2.09 bits per heavy atom. The van der Waals surface area contributed by atoms with Gasteiger partial charge in [-0.15, -0.1) is 5.10 Å². The molecular formula is C14H12N6O3. The van der Waals surface area contributed by atoms with Crippen LogP contribution < -0.4 is 4.74 Å². The third-order valence-electron chi connectivity index (χ3n) is 3.22. The van der Waals surface area contributed by atoms with Crippen molar-refractivity contribution in [1.29, 1.82) is 0 Å². The van der Waals surface area contributed by atoms with Gasteiger partial charge in [0.05, 0.1) is 12.0 Å². The van der Waals surface area contributed by atoms with Crippen molar-refractivity contribution in [3.8, 4) is 23.0 Å². The third-order valence-corrected chi connectivity index (χ3v) is 3.22. The molecule has 2 heterocycles. The number of hydrogen-bond donors (Lipinski definition) is 0. The van der Waals surface area contributed by atoms with Gasteiger partial charge in [0.1, 0.15) is 0 Å². The number of pyridine rings is 1. The van der Waals surface area contributed by atoms with Crippen molar-refractivity contribution in [1.82, 2.24) is 25.2 Å². The van der Waals surface area contributed by atoms with Crippen LogP contribution >= 0.6 is 0 Å². The number of ether oxygens (including phenoxy) is 1. The molecule has 3 aromatic rings. The average molecular weight is 312 g/mol. The Bertz CT molecular complexity index is 876. The van der Waals surface area contributed by atoms with E-state index in [0.29, 0.717) is 17.2 Å². The molecule has 0 atom stereocenters. The van der Waals surface area contributed by atoms with Gasteiger partial charge >= 0.3 is 5.69 Å². The molecule has 9 nitrogen and oxygen atoms in total. The first kappa shape index (κ1) is 14.6. The molecule has 0 aliphatic rings. The molecule has 0 unspecified atom stereocenters. The van der Waals surface area contributed by atoms with Crippen LogP contribution in [0.4, 0.5) is 5.69 Å². The Kier molecular flexibility index (Phi) is 3.67. The minimum Gasteiger partial charge on any atom is -0.490 e. The smallest absolute Gasteiger partial charge is 0.311 e. The molecule has 0 spiro atoms. The summed E-state index contributed by atoms with van der Waals surface area (Å²) in [6.07, 6.45) is 1.65. The normalized spacial score (nSPS) is 10.5. The SMILES string of the molecule is COc1ccc(-c2nnnn2-c2cc(C)ccn2)cc1[N+](=O)[O-]. The van der Waals surface area contributed by atoms with Crippen LogP contribution in [0.5, 0.6) is 5.75 Å². The lowest BCUT2D eigenvalue weighted by atomic mass is 10.1. The molecule has 0 saturated carbocycles. The van der Waals surface area contributed by atoms with Crippen molar-refractivity contribution in [3.63, 3.8) is 0 Å². The van der Waals surface area contributed by atoms with E-state index >= 15 is 0 Å². The highest BCUT2D eigenvalue weighted by molar-refractivity contribution is 5.64. The Morgan fingerprint density at radius 3 is 2.78 bits per heavy atom. The molecule has 2 aromatic heterocycles. The van der Waals surface area contributed by atoms with E-state index < -0.39 is 4.92 Å². The van der Waals surface area contributed by atoms with Crippen molar-refractivity contribution in [3.05, 3.63) is 52.2 Å². The summed E-state index contributed by atoms with van der Waals surface area (Å²) in [7, 11) is 1.38. The zero-order valence-corrected chi connectivity index (χ0v) is 12.4. The number of methoxy groups -OCH3 is 1. The number of benzene rings is 1. The van der Waals surface area contributed by atoms with E-state index in [4.69, 9.17) is 4.74 Å². The zero-order chi connectivity index (χ0) is 16.4. The van der Waals surface area contributed by atoms with Gasteiger partial charge in [-0.1, -0.05) is 0 Å². The number of nitro benzene ring substituents is 1. The summed E-state index contributed by atoms with van der Waals surface area (Å²) >= 11 is 0. The van der Waals surface area contributed by atoms with Crippen LogP contribution in [-0.4, -0.2) is 37.2 Å².